The third-order valence-corrected chi connectivity index (χ3v) is 7.29. The Hall–Kier alpha value is -2.56. The van der Waals surface area contributed by atoms with E-state index in [1.165, 1.54) is 6.07 Å². The molecule has 1 aliphatic rings. The van der Waals surface area contributed by atoms with Crippen LogP contribution < -0.4 is 11.2 Å². The lowest BCUT2D eigenvalue weighted by molar-refractivity contribution is -0.0547. The Bertz CT molecular complexity index is 1500. The molecule has 3 unspecified atom stereocenters. The molecule has 5 atom stereocenters. The van der Waals surface area contributed by atoms with Crippen LogP contribution in [0, 0.1) is 5.82 Å². The fourth-order valence-corrected chi connectivity index (χ4v) is 5.12. The van der Waals surface area contributed by atoms with Crippen molar-refractivity contribution in [1.82, 2.24) is 14.3 Å². The van der Waals surface area contributed by atoms with Gasteiger partial charge in [0.1, 0.15) is 29.8 Å². The molecule has 0 bridgehead atoms. The molecule has 4 rings (SSSR count). The van der Waals surface area contributed by atoms with Crippen LogP contribution in [0.5, 0.6) is 0 Å². The van der Waals surface area contributed by atoms with Crippen molar-refractivity contribution in [3.63, 3.8) is 0 Å². The third-order valence-electron chi connectivity index (χ3n) is 5.14. The van der Waals surface area contributed by atoms with Crippen LogP contribution in [-0.4, -0.2) is 64.1 Å². The van der Waals surface area contributed by atoms with E-state index in [9.17, 15) is 38.2 Å². The second-order valence-corrected chi connectivity index (χ2v) is 10.4. The van der Waals surface area contributed by atoms with Crippen molar-refractivity contribution in [2.45, 2.75) is 31.1 Å². The Balaban J connectivity index is 1.57. The molecule has 1 aromatic carbocycles. The van der Waals surface area contributed by atoms with E-state index in [0.29, 0.717) is 9.95 Å². The maximum absolute atomic E-state index is 13.4. The lowest BCUT2D eigenvalue weighted by atomic mass is 10.1. The first-order chi connectivity index (χ1) is 16.8. The number of hydrogen-bond acceptors (Lipinski definition) is 11. The van der Waals surface area contributed by atoms with Gasteiger partial charge >= 0.3 is 21.3 Å². The van der Waals surface area contributed by atoms with E-state index in [2.05, 4.69) is 14.0 Å². The molecule has 5 N–H and O–H groups in total. The minimum Gasteiger partial charge on any atom is -0.387 e. The summed E-state index contributed by atoms with van der Waals surface area (Å²) in [5.74, 6) is -0.584. The summed E-state index contributed by atoms with van der Waals surface area (Å²) >= 11 is 0. The van der Waals surface area contributed by atoms with Gasteiger partial charge in [0.2, 0.25) is 0 Å². The largest absolute Gasteiger partial charge is 0.481 e. The molecule has 196 valence electrons. The van der Waals surface area contributed by atoms with Gasteiger partial charge in [-0.25, -0.2) is 18.3 Å². The van der Waals surface area contributed by atoms with Crippen LogP contribution >= 0.6 is 15.6 Å². The highest BCUT2D eigenvalue weighted by atomic mass is 31.3. The molecule has 1 saturated heterocycles. The normalized spacial score (nSPS) is 24.3. The van der Waals surface area contributed by atoms with Gasteiger partial charge in [-0.15, -0.1) is 0 Å². The van der Waals surface area contributed by atoms with Crippen LogP contribution in [-0.2, 0) is 29.2 Å². The Morgan fingerprint density at radius 1 is 1.11 bits per heavy atom. The molecule has 0 radical (unpaired) electrons. The zero-order chi connectivity index (χ0) is 26.4. The summed E-state index contributed by atoms with van der Waals surface area (Å²) in [5.41, 5.74) is -1.56. The number of halogens is 1. The van der Waals surface area contributed by atoms with E-state index in [4.69, 9.17) is 19.0 Å². The zero-order valence-corrected chi connectivity index (χ0v) is 19.5. The molecule has 1 aliphatic heterocycles. The first-order valence-electron chi connectivity index (χ1n) is 9.87. The van der Waals surface area contributed by atoms with E-state index in [-0.39, 0.29) is 11.3 Å². The van der Waals surface area contributed by atoms with Gasteiger partial charge in [-0.2, -0.15) is 4.31 Å². The summed E-state index contributed by atoms with van der Waals surface area (Å²) in [7, 11) is -10.7. The Morgan fingerprint density at radius 2 is 1.83 bits per heavy atom. The molecule has 36 heavy (non-hydrogen) atoms. The summed E-state index contributed by atoms with van der Waals surface area (Å²) in [6.07, 6.45) is -5.75. The van der Waals surface area contributed by atoms with Crippen molar-refractivity contribution in [2.75, 3.05) is 6.61 Å². The van der Waals surface area contributed by atoms with Gasteiger partial charge in [0, 0.05) is 23.7 Å². The van der Waals surface area contributed by atoms with Gasteiger partial charge in [-0.1, -0.05) is 5.16 Å². The van der Waals surface area contributed by atoms with Gasteiger partial charge in [-0.3, -0.25) is 18.5 Å². The Labute approximate surface area is 198 Å². The highest BCUT2D eigenvalue weighted by Crippen LogP contribution is 2.57. The van der Waals surface area contributed by atoms with Crippen molar-refractivity contribution in [1.29, 1.82) is 0 Å². The highest BCUT2D eigenvalue weighted by molar-refractivity contribution is 7.60. The third kappa shape index (κ3) is 5.55. The average Bonchev–Trinajstić information content (AvgIpc) is 3.28. The topological polar surface area (TPSA) is 233 Å². The van der Waals surface area contributed by atoms with Crippen molar-refractivity contribution >= 4 is 26.6 Å². The van der Waals surface area contributed by atoms with Crippen LogP contribution in [0.15, 0.2) is 44.6 Å². The predicted molar refractivity (Wildman–Crippen MR) is 113 cm³/mol. The summed E-state index contributed by atoms with van der Waals surface area (Å²) in [4.78, 5) is 52.1. The lowest BCUT2D eigenvalue weighted by Crippen LogP contribution is -2.43. The number of phosphoric ester groups is 1. The zero-order valence-electron chi connectivity index (χ0n) is 17.7. The van der Waals surface area contributed by atoms with Crippen molar-refractivity contribution in [3.05, 3.63) is 62.8 Å². The fraction of sp³-hybridized carbons (Fsp3) is 0.353. The minimum absolute atomic E-state index is 0.0821. The number of ether oxygens (including phenoxy) is 1. The van der Waals surface area contributed by atoms with Crippen LogP contribution in [0.1, 0.15) is 11.9 Å². The standard InChI is InChI=1S/C17H18FN3O13P2/c18-8-1-2-9-10(19-33-11(9)5-8)6-21-13(22)3-4-20(17(21)25)16-15(24)14(23)12(32-16)7-31-36(29,30)34-35(26,27)28/h1-5,12,14-16,23-24H,6-7H2,(H,29,30)(H2,26,27,28)/t12-,14?,15?,16-/m1/s1. The summed E-state index contributed by atoms with van der Waals surface area (Å²) in [6, 6.07) is 4.52. The van der Waals surface area contributed by atoms with Crippen molar-refractivity contribution < 1.29 is 56.5 Å². The number of aliphatic hydroxyl groups is 2. The van der Waals surface area contributed by atoms with Crippen molar-refractivity contribution in [3.8, 4) is 0 Å². The quantitative estimate of drug-likeness (QED) is 0.215. The number of rotatable bonds is 8. The smallest absolute Gasteiger partial charge is 0.387 e. The maximum atomic E-state index is 13.4. The van der Waals surface area contributed by atoms with Gasteiger partial charge in [0.15, 0.2) is 11.8 Å². The molecular formula is C17H18FN3O13P2. The molecule has 3 aromatic rings. The molecule has 2 aromatic heterocycles. The number of hydrogen-bond donors (Lipinski definition) is 5. The van der Waals surface area contributed by atoms with Crippen molar-refractivity contribution in [2.24, 2.45) is 0 Å². The molecule has 0 spiro atoms. The van der Waals surface area contributed by atoms with Crippen LogP contribution in [0.25, 0.3) is 11.0 Å². The Kier molecular flexibility index (Phi) is 7.15. The van der Waals surface area contributed by atoms with Crippen LogP contribution in [0.3, 0.4) is 0 Å². The Morgan fingerprint density at radius 3 is 2.53 bits per heavy atom. The predicted octanol–water partition coefficient (Wildman–Crippen LogP) is -0.816. The number of nitrogens with zero attached hydrogens (tertiary/aromatic N) is 3. The van der Waals surface area contributed by atoms with E-state index >= 15 is 0 Å². The van der Waals surface area contributed by atoms with E-state index in [1.54, 1.807) is 0 Å². The number of fused-ring (bicyclic) bond motifs is 1. The van der Waals surface area contributed by atoms with Gasteiger partial charge in [-0.05, 0) is 12.1 Å². The number of benzene rings is 1. The maximum Gasteiger partial charge on any atom is 0.481 e. The van der Waals surface area contributed by atoms with Gasteiger partial charge in [0.25, 0.3) is 5.56 Å². The van der Waals surface area contributed by atoms with Crippen LogP contribution in [0.2, 0.25) is 0 Å². The highest BCUT2D eigenvalue weighted by Gasteiger charge is 2.46. The summed E-state index contributed by atoms with van der Waals surface area (Å²) in [5, 5.41) is 24.7. The van der Waals surface area contributed by atoms with Crippen LogP contribution in [0.4, 0.5) is 4.39 Å². The monoisotopic (exact) mass is 553 g/mol. The SMILES string of the molecule is O=c1ccn([C@@H]2O[C@H](COP(=O)(O)OP(=O)(O)O)C(O)C2O)c(=O)n1Cc1noc2cc(F)ccc12. The average molecular weight is 553 g/mol. The fourth-order valence-electron chi connectivity index (χ4n) is 3.52. The number of aliphatic hydroxyl groups excluding tert-OH is 2. The second-order valence-electron chi connectivity index (χ2n) is 7.58. The molecular weight excluding hydrogens is 535 g/mol. The molecule has 0 saturated carbocycles. The second kappa shape index (κ2) is 9.72. The van der Waals surface area contributed by atoms with E-state index in [0.717, 1.165) is 29.0 Å². The summed E-state index contributed by atoms with van der Waals surface area (Å²) in [6.45, 7) is -1.37. The number of phosphoric acid groups is 2. The first-order valence-corrected chi connectivity index (χ1v) is 12.9. The molecule has 1 fully saturated rings. The van der Waals surface area contributed by atoms with E-state index in [1.807, 2.05) is 0 Å². The summed E-state index contributed by atoms with van der Waals surface area (Å²) < 4.78 is 55.6. The molecule has 3 heterocycles. The molecule has 16 nitrogen and oxygen atoms in total. The minimum atomic E-state index is -5.39. The molecule has 0 amide bonds. The first kappa shape index (κ1) is 26.5. The van der Waals surface area contributed by atoms with E-state index < -0.39 is 70.4 Å². The molecule has 0 aliphatic carbocycles. The van der Waals surface area contributed by atoms with Gasteiger partial charge < -0.3 is 34.2 Å². The number of aromatic nitrogens is 3. The van der Waals surface area contributed by atoms with Gasteiger partial charge in [0.05, 0.1) is 13.2 Å². The lowest BCUT2D eigenvalue weighted by Gasteiger charge is -2.19. The molecule has 19 heteroatoms.